The van der Waals surface area contributed by atoms with Crippen molar-refractivity contribution >= 4 is 5.91 Å². The molecule has 0 saturated heterocycles. The fourth-order valence-corrected chi connectivity index (χ4v) is 2.22. The Bertz CT molecular complexity index is 646. The molecule has 0 atom stereocenters. The highest BCUT2D eigenvalue weighted by Gasteiger charge is 2.29. The molecular formula is C16H20N4O2. The van der Waals surface area contributed by atoms with E-state index in [0.717, 1.165) is 30.8 Å². The average Bonchev–Trinajstić information content (AvgIpc) is 3.29. The summed E-state index contributed by atoms with van der Waals surface area (Å²) in [7, 11) is 3.67. The lowest BCUT2D eigenvalue weighted by Gasteiger charge is -2.16. The van der Waals surface area contributed by atoms with Crippen molar-refractivity contribution in [3.8, 4) is 11.5 Å². The van der Waals surface area contributed by atoms with E-state index in [0.29, 0.717) is 23.9 Å². The third-order valence-electron chi connectivity index (χ3n) is 3.81. The summed E-state index contributed by atoms with van der Waals surface area (Å²) in [6.45, 7) is 1.44. The quantitative estimate of drug-likeness (QED) is 0.882. The Morgan fingerprint density at radius 1 is 1.36 bits per heavy atom. The van der Waals surface area contributed by atoms with Gasteiger partial charge in [0.05, 0.1) is 0 Å². The number of likely N-dealkylation sites (N-methyl/N-ethyl adjacent to an activating group) is 2. The van der Waals surface area contributed by atoms with Crippen LogP contribution in [-0.2, 0) is 0 Å². The van der Waals surface area contributed by atoms with E-state index in [-0.39, 0.29) is 5.91 Å². The monoisotopic (exact) mass is 300 g/mol. The lowest BCUT2D eigenvalue weighted by atomic mass is 10.1. The molecule has 1 aromatic heterocycles. The number of aromatic nitrogens is 2. The van der Waals surface area contributed by atoms with Crippen LogP contribution in [0.1, 0.15) is 34.9 Å². The van der Waals surface area contributed by atoms with Crippen LogP contribution in [0.2, 0.25) is 0 Å². The maximum Gasteiger partial charge on any atom is 0.257 e. The van der Waals surface area contributed by atoms with E-state index >= 15 is 0 Å². The number of hydrogen-bond donors (Lipinski definition) is 1. The van der Waals surface area contributed by atoms with Gasteiger partial charge in [0.2, 0.25) is 0 Å². The van der Waals surface area contributed by atoms with Crippen molar-refractivity contribution in [1.82, 2.24) is 20.4 Å². The summed E-state index contributed by atoms with van der Waals surface area (Å²) in [5.41, 5.74) is 1.50. The van der Waals surface area contributed by atoms with E-state index in [9.17, 15) is 4.79 Å². The number of nitrogens with one attached hydrogen (secondary N) is 1. The van der Waals surface area contributed by atoms with Crippen LogP contribution in [0.25, 0.3) is 11.5 Å². The number of hydrogen-bond acceptors (Lipinski definition) is 5. The zero-order chi connectivity index (χ0) is 15.5. The van der Waals surface area contributed by atoms with Gasteiger partial charge in [0, 0.05) is 37.2 Å². The predicted molar refractivity (Wildman–Crippen MR) is 82.6 cm³/mol. The van der Waals surface area contributed by atoms with Gasteiger partial charge in [-0.1, -0.05) is 5.16 Å². The maximum absolute atomic E-state index is 12.2. The van der Waals surface area contributed by atoms with E-state index in [1.807, 2.05) is 19.2 Å². The molecule has 6 heteroatoms. The second kappa shape index (κ2) is 6.27. The molecule has 116 valence electrons. The van der Waals surface area contributed by atoms with E-state index in [2.05, 4.69) is 15.5 Å². The van der Waals surface area contributed by atoms with Gasteiger partial charge in [-0.05, 0) is 44.2 Å². The molecule has 22 heavy (non-hydrogen) atoms. The van der Waals surface area contributed by atoms with Crippen LogP contribution >= 0.6 is 0 Å². The van der Waals surface area contributed by atoms with Crippen LogP contribution in [0.3, 0.4) is 0 Å². The van der Waals surface area contributed by atoms with Gasteiger partial charge >= 0.3 is 0 Å². The Labute approximate surface area is 129 Å². The Hall–Kier alpha value is -2.21. The fourth-order valence-electron chi connectivity index (χ4n) is 2.22. The molecule has 0 unspecified atom stereocenters. The van der Waals surface area contributed by atoms with Gasteiger partial charge in [-0.3, -0.25) is 4.79 Å². The van der Waals surface area contributed by atoms with Crippen molar-refractivity contribution < 1.29 is 9.32 Å². The molecule has 1 aromatic carbocycles. The summed E-state index contributed by atoms with van der Waals surface area (Å²) in [6.07, 6.45) is 2.29. The third-order valence-corrected chi connectivity index (χ3v) is 3.81. The van der Waals surface area contributed by atoms with Crippen molar-refractivity contribution in [1.29, 1.82) is 0 Å². The Morgan fingerprint density at radius 2 is 2.09 bits per heavy atom. The molecule has 1 N–H and O–H groups in total. The molecule has 2 aromatic rings. The molecule has 1 fully saturated rings. The largest absolute Gasteiger partial charge is 0.340 e. The summed E-state index contributed by atoms with van der Waals surface area (Å²) in [4.78, 5) is 18.4. The summed E-state index contributed by atoms with van der Waals surface area (Å²) in [5.74, 6) is 1.79. The first-order chi connectivity index (χ1) is 10.7. The molecule has 1 aliphatic rings. The molecule has 0 spiro atoms. The van der Waals surface area contributed by atoms with Crippen molar-refractivity contribution in [2.75, 3.05) is 27.2 Å². The predicted octanol–water partition coefficient (Wildman–Crippen LogP) is 1.91. The average molecular weight is 300 g/mol. The highest BCUT2D eigenvalue weighted by molar-refractivity contribution is 5.94. The number of carbonyl (C=O) groups excluding carboxylic acids is 1. The zero-order valence-corrected chi connectivity index (χ0v) is 12.9. The van der Waals surface area contributed by atoms with Gasteiger partial charge in [0.25, 0.3) is 11.8 Å². The van der Waals surface area contributed by atoms with Crippen LogP contribution in [0.15, 0.2) is 28.8 Å². The minimum atomic E-state index is 0.00555. The molecular weight excluding hydrogens is 280 g/mol. The fraction of sp³-hybridized carbons (Fsp3) is 0.438. The highest BCUT2D eigenvalue weighted by Crippen LogP contribution is 2.38. The number of nitrogens with zero attached hydrogens (tertiary/aromatic N) is 3. The second-order valence-corrected chi connectivity index (χ2v) is 5.64. The Morgan fingerprint density at radius 3 is 2.73 bits per heavy atom. The summed E-state index contributed by atoms with van der Waals surface area (Å²) >= 11 is 0. The van der Waals surface area contributed by atoms with Crippen LogP contribution < -0.4 is 5.32 Å². The van der Waals surface area contributed by atoms with E-state index in [1.54, 1.807) is 24.1 Å². The van der Waals surface area contributed by atoms with E-state index in [1.165, 1.54) is 0 Å². The van der Waals surface area contributed by atoms with Crippen LogP contribution in [0.5, 0.6) is 0 Å². The summed E-state index contributed by atoms with van der Waals surface area (Å²) in [6, 6.07) is 7.30. The molecule has 1 saturated carbocycles. The number of benzene rings is 1. The smallest absolute Gasteiger partial charge is 0.257 e. The number of rotatable bonds is 6. The van der Waals surface area contributed by atoms with Gasteiger partial charge in [-0.25, -0.2) is 0 Å². The normalized spacial score (nSPS) is 14.1. The van der Waals surface area contributed by atoms with Gasteiger partial charge in [-0.2, -0.15) is 4.98 Å². The van der Waals surface area contributed by atoms with Crippen molar-refractivity contribution in [2.45, 2.75) is 18.8 Å². The van der Waals surface area contributed by atoms with Crippen LogP contribution in [0, 0.1) is 0 Å². The minimum Gasteiger partial charge on any atom is -0.340 e. The SMILES string of the molecule is CNCCN(C)C(=O)c1ccc(-c2nc(C3CC3)no2)cc1. The van der Waals surface area contributed by atoms with Gasteiger partial charge in [0.1, 0.15) is 0 Å². The molecule has 0 aliphatic heterocycles. The van der Waals surface area contributed by atoms with Gasteiger partial charge < -0.3 is 14.7 Å². The third kappa shape index (κ3) is 3.17. The molecule has 1 heterocycles. The molecule has 6 nitrogen and oxygen atoms in total. The lowest BCUT2D eigenvalue weighted by molar-refractivity contribution is 0.0797. The Kier molecular flexibility index (Phi) is 4.20. The molecule has 0 radical (unpaired) electrons. The number of amides is 1. The molecule has 1 aliphatic carbocycles. The van der Waals surface area contributed by atoms with E-state index in [4.69, 9.17) is 4.52 Å². The molecule has 1 amide bonds. The molecule has 0 bridgehead atoms. The standard InChI is InChI=1S/C16H20N4O2/c1-17-9-10-20(2)16(21)13-7-5-12(6-8-13)15-18-14(19-22-15)11-3-4-11/h5-8,11,17H,3-4,9-10H2,1-2H3. The Balaban J connectivity index is 1.70. The van der Waals surface area contributed by atoms with Crippen molar-refractivity contribution in [3.05, 3.63) is 35.7 Å². The zero-order valence-electron chi connectivity index (χ0n) is 12.9. The second-order valence-electron chi connectivity index (χ2n) is 5.64. The maximum atomic E-state index is 12.2. The first-order valence-electron chi connectivity index (χ1n) is 7.53. The highest BCUT2D eigenvalue weighted by atomic mass is 16.5. The minimum absolute atomic E-state index is 0.00555. The van der Waals surface area contributed by atoms with Crippen molar-refractivity contribution in [3.63, 3.8) is 0 Å². The summed E-state index contributed by atoms with van der Waals surface area (Å²) < 4.78 is 5.29. The van der Waals surface area contributed by atoms with Gasteiger partial charge in [0.15, 0.2) is 5.82 Å². The van der Waals surface area contributed by atoms with Crippen molar-refractivity contribution in [2.24, 2.45) is 0 Å². The number of carbonyl (C=O) groups is 1. The van der Waals surface area contributed by atoms with Crippen LogP contribution in [0.4, 0.5) is 0 Å². The molecule has 3 rings (SSSR count). The van der Waals surface area contributed by atoms with Crippen LogP contribution in [-0.4, -0.2) is 48.1 Å². The van der Waals surface area contributed by atoms with Gasteiger partial charge in [-0.15, -0.1) is 0 Å². The first kappa shape index (κ1) is 14.7. The topological polar surface area (TPSA) is 71.3 Å². The lowest BCUT2D eigenvalue weighted by Crippen LogP contribution is -2.32. The van der Waals surface area contributed by atoms with E-state index < -0.39 is 0 Å². The summed E-state index contributed by atoms with van der Waals surface area (Å²) in [5, 5.41) is 7.04. The first-order valence-corrected chi connectivity index (χ1v) is 7.53.